The quantitative estimate of drug-likeness (QED) is 0.676. The number of carbonyl (C=O) groups is 3. The van der Waals surface area contributed by atoms with Crippen LogP contribution in [0, 0.1) is 30.6 Å². The average Bonchev–Trinajstić information content (AvgIpc) is 3.40. The molecule has 6 nitrogen and oxygen atoms in total. The lowest BCUT2D eigenvalue weighted by Gasteiger charge is -2.27. The first-order valence-electron chi connectivity index (χ1n) is 10.4. The summed E-state index contributed by atoms with van der Waals surface area (Å²) in [6.07, 6.45) is 4.40. The zero-order valence-electron chi connectivity index (χ0n) is 17.7. The molecule has 0 spiro atoms. The number of thiophene rings is 1. The van der Waals surface area contributed by atoms with E-state index in [1.165, 1.54) is 16.9 Å². The van der Waals surface area contributed by atoms with Crippen LogP contribution in [0.1, 0.15) is 47.0 Å². The number of carboxylic acids is 1. The fraction of sp³-hybridized carbons (Fsp3) is 0.375. The van der Waals surface area contributed by atoms with E-state index >= 15 is 0 Å². The largest absolute Gasteiger partial charge is 0.550 e. The van der Waals surface area contributed by atoms with Crippen molar-refractivity contribution < 1.29 is 19.5 Å². The van der Waals surface area contributed by atoms with Crippen molar-refractivity contribution >= 4 is 34.1 Å². The number of allylic oxidation sites excluding steroid dienone is 2. The summed E-state index contributed by atoms with van der Waals surface area (Å²) in [5.74, 6) is -3.73. The lowest BCUT2D eigenvalue weighted by molar-refractivity contribution is -0.313. The molecule has 1 fully saturated rings. The maximum atomic E-state index is 13.1. The first-order chi connectivity index (χ1) is 14.7. The van der Waals surface area contributed by atoms with Gasteiger partial charge in [0.1, 0.15) is 5.00 Å². The van der Waals surface area contributed by atoms with E-state index < -0.39 is 29.6 Å². The Labute approximate surface area is 185 Å². The number of aliphatic carboxylic acids is 1. The van der Waals surface area contributed by atoms with Gasteiger partial charge in [-0.1, -0.05) is 50.3 Å². The maximum Gasteiger partial charge on any atom is 0.252 e. The Morgan fingerprint density at radius 3 is 2.26 bits per heavy atom. The van der Waals surface area contributed by atoms with Gasteiger partial charge in [-0.2, -0.15) is 0 Å². The first-order valence-corrected chi connectivity index (χ1v) is 11.2. The number of amides is 2. The number of aryl methyl sites for hydroxylation is 1. The lowest BCUT2D eigenvalue weighted by atomic mass is 9.82. The van der Waals surface area contributed by atoms with E-state index in [-0.39, 0.29) is 17.4 Å². The lowest BCUT2D eigenvalue weighted by Crippen LogP contribution is -2.43. The third kappa shape index (κ3) is 3.67. The van der Waals surface area contributed by atoms with E-state index in [0.29, 0.717) is 22.9 Å². The smallest absolute Gasteiger partial charge is 0.252 e. The summed E-state index contributed by atoms with van der Waals surface area (Å²) < 4.78 is 0. The third-order valence-electron chi connectivity index (χ3n) is 6.47. The van der Waals surface area contributed by atoms with Crippen molar-refractivity contribution in [3.63, 3.8) is 0 Å². The summed E-state index contributed by atoms with van der Waals surface area (Å²) in [6, 6.07) is 7.95. The van der Waals surface area contributed by atoms with Gasteiger partial charge in [-0.25, -0.2) is 0 Å². The molecule has 2 amide bonds. The van der Waals surface area contributed by atoms with Crippen molar-refractivity contribution in [2.24, 2.45) is 29.4 Å². The van der Waals surface area contributed by atoms with Gasteiger partial charge in [0.05, 0.1) is 11.5 Å². The molecule has 31 heavy (non-hydrogen) atoms. The summed E-state index contributed by atoms with van der Waals surface area (Å²) >= 11 is 1.28. The van der Waals surface area contributed by atoms with Crippen molar-refractivity contribution in [3.05, 3.63) is 52.4 Å². The second-order valence-electron chi connectivity index (χ2n) is 8.69. The summed E-state index contributed by atoms with van der Waals surface area (Å²) in [4.78, 5) is 38.0. The van der Waals surface area contributed by atoms with Crippen molar-refractivity contribution in [3.8, 4) is 11.1 Å². The second kappa shape index (κ2) is 7.96. The molecular formula is C24H25N2O4S-. The van der Waals surface area contributed by atoms with Crippen molar-refractivity contribution in [1.82, 2.24) is 0 Å². The Morgan fingerprint density at radius 1 is 1.10 bits per heavy atom. The maximum absolute atomic E-state index is 13.1. The fourth-order valence-electron chi connectivity index (χ4n) is 4.95. The molecule has 162 valence electrons. The minimum Gasteiger partial charge on any atom is -0.550 e. The molecule has 7 heteroatoms. The SMILES string of the molecule is Cc1sc(NC(=O)C2C3C=CC(C3)C2C(=O)[O-])c(C(N)=O)c1-c1ccc(C(C)C)cc1. The summed E-state index contributed by atoms with van der Waals surface area (Å²) in [5, 5.41) is 14.8. The number of carboxylic acid groups (broad SMARTS) is 1. The molecule has 0 aliphatic heterocycles. The van der Waals surface area contributed by atoms with E-state index in [9.17, 15) is 19.5 Å². The van der Waals surface area contributed by atoms with Crippen molar-refractivity contribution in [2.45, 2.75) is 33.1 Å². The zero-order chi connectivity index (χ0) is 22.4. The molecule has 1 saturated carbocycles. The molecule has 2 aliphatic carbocycles. The van der Waals surface area contributed by atoms with E-state index in [4.69, 9.17) is 5.73 Å². The minimum absolute atomic E-state index is 0.131. The number of hydrogen-bond acceptors (Lipinski definition) is 5. The van der Waals surface area contributed by atoms with Gasteiger partial charge in [-0.3, -0.25) is 9.59 Å². The molecular weight excluding hydrogens is 412 g/mol. The van der Waals surface area contributed by atoms with Crippen LogP contribution in [-0.4, -0.2) is 17.8 Å². The zero-order valence-corrected chi connectivity index (χ0v) is 18.5. The Kier molecular flexibility index (Phi) is 5.47. The summed E-state index contributed by atoms with van der Waals surface area (Å²) in [6.45, 7) is 6.10. The van der Waals surface area contributed by atoms with Gasteiger partial charge in [0.25, 0.3) is 5.91 Å². The van der Waals surface area contributed by atoms with E-state index in [1.807, 2.05) is 43.3 Å². The molecule has 1 heterocycles. The van der Waals surface area contributed by atoms with Gasteiger partial charge in [0.2, 0.25) is 5.91 Å². The molecule has 4 atom stereocenters. The van der Waals surface area contributed by atoms with Crippen LogP contribution in [0.25, 0.3) is 11.1 Å². The summed E-state index contributed by atoms with van der Waals surface area (Å²) in [5.41, 5.74) is 8.71. The highest BCUT2D eigenvalue weighted by molar-refractivity contribution is 7.17. The van der Waals surface area contributed by atoms with Gasteiger partial charge >= 0.3 is 0 Å². The molecule has 3 N–H and O–H groups in total. The molecule has 2 bridgehead atoms. The van der Waals surface area contributed by atoms with Crippen LogP contribution in [0.3, 0.4) is 0 Å². The monoisotopic (exact) mass is 437 g/mol. The van der Waals surface area contributed by atoms with Crippen LogP contribution in [0.2, 0.25) is 0 Å². The highest BCUT2D eigenvalue weighted by Crippen LogP contribution is 2.49. The van der Waals surface area contributed by atoms with Crippen LogP contribution < -0.4 is 16.2 Å². The average molecular weight is 438 g/mol. The van der Waals surface area contributed by atoms with Crippen LogP contribution in [0.15, 0.2) is 36.4 Å². The molecule has 2 aliphatic rings. The number of nitrogens with one attached hydrogen (secondary N) is 1. The normalized spacial score (nSPS) is 24.0. The van der Waals surface area contributed by atoms with Crippen LogP contribution >= 0.6 is 11.3 Å². The van der Waals surface area contributed by atoms with Crippen LogP contribution in [0.5, 0.6) is 0 Å². The molecule has 4 unspecified atom stereocenters. The fourth-order valence-corrected chi connectivity index (χ4v) is 6.03. The van der Waals surface area contributed by atoms with Gasteiger partial charge in [-0.05, 0) is 42.2 Å². The number of nitrogens with two attached hydrogens (primary N) is 1. The first kappa shape index (κ1) is 21.3. The number of fused-ring (bicyclic) bond motifs is 2. The van der Waals surface area contributed by atoms with Gasteiger partial charge in [-0.15, -0.1) is 11.3 Å². The topological polar surface area (TPSA) is 112 Å². The Hall–Kier alpha value is -2.93. The van der Waals surface area contributed by atoms with E-state index in [0.717, 1.165) is 10.4 Å². The number of hydrogen-bond donors (Lipinski definition) is 2. The molecule has 0 saturated heterocycles. The van der Waals surface area contributed by atoms with Gasteiger partial charge in [0.15, 0.2) is 0 Å². The number of anilines is 1. The minimum atomic E-state index is -1.21. The molecule has 2 aromatic rings. The molecule has 4 rings (SSSR count). The Bertz CT molecular complexity index is 1080. The molecule has 1 aromatic heterocycles. The van der Waals surface area contributed by atoms with E-state index in [1.54, 1.807) is 0 Å². The molecule has 0 radical (unpaired) electrons. The number of primary amides is 1. The third-order valence-corrected chi connectivity index (χ3v) is 7.49. The number of rotatable bonds is 6. The van der Waals surface area contributed by atoms with Crippen LogP contribution in [0.4, 0.5) is 5.00 Å². The van der Waals surface area contributed by atoms with Gasteiger partial charge < -0.3 is 21.0 Å². The number of benzene rings is 1. The van der Waals surface area contributed by atoms with Crippen LogP contribution in [-0.2, 0) is 9.59 Å². The van der Waals surface area contributed by atoms with Crippen molar-refractivity contribution in [1.29, 1.82) is 0 Å². The predicted molar refractivity (Wildman–Crippen MR) is 118 cm³/mol. The molecule has 1 aromatic carbocycles. The van der Waals surface area contributed by atoms with Crippen molar-refractivity contribution in [2.75, 3.05) is 5.32 Å². The Balaban J connectivity index is 1.67. The van der Waals surface area contributed by atoms with E-state index in [2.05, 4.69) is 19.2 Å². The second-order valence-corrected chi connectivity index (χ2v) is 9.91. The summed E-state index contributed by atoms with van der Waals surface area (Å²) in [7, 11) is 0. The predicted octanol–water partition coefficient (Wildman–Crippen LogP) is 3.07. The standard InChI is InChI=1S/C24H26N2O4S/c1-11(2)13-4-6-14(7-5-13)17-12(3)31-23(20(17)21(25)27)26-22(28)18-15-8-9-16(10-15)19(18)24(29)30/h4-9,11,15-16,18-19H,10H2,1-3H3,(H2,25,27)(H,26,28)(H,29,30)/p-1. The van der Waals surface area contributed by atoms with Gasteiger partial charge in [0, 0.05) is 22.3 Å². The highest BCUT2D eigenvalue weighted by Gasteiger charge is 2.49. The highest BCUT2D eigenvalue weighted by atomic mass is 32.1. The number of carbonyl (C=O) groups excluding carboxylic acids is 3. The Morgan fingerprint density at radius 2 is 1.71 bits per heavy atom.